The summed E-state index contributed by atoms with van der Waals surface area (Å²) in [5, 5.41) is 4.57. The molecule has 1 heterocycles. The highest BCUT2D eigenvalue weighted by molar-refractivity contribution is 8.00. The summed E-state index contributed by atoms with van der Waals surface area (Å²) in [5.74, 6) is -5.56. The van der Waals surface area contributed by atoms with Crippen molar-refractivity contribution in [1.82, 2.24) is 5.06 Å². The van der Waals surface area contributed by atoms with E-state index >= 15 is 0 Å². The predicted octanol–water partition coefficient (Wildman–Crippen LogP) is 7.39. The Hall–Kier alpha value is -3.47. The maximum Gasteiger partial charge on any atom is 0.338 e. The molecule has 0 spiro atoms. The van der Waals surface area contributed by atoms with Gasteiger partial charge in [0.15, 0.2) is 17.5 Å². The van der Waals surface area contributed by atoms with Crippen LogP contribution in [0, 0.1) is 23.4 Å². The monoisotopic (exact) mass is 604 g/mol. The van der Waals surface area contributed by atoms with E-state index in [-0.39, 0.29) is 28.5 Å². The van der Waals surface area contributed by atoms with Crippen LogP contribution in [0.15, 0.2) is 77.4 Å². The van der Waals surface area contributed by atoms with Gasteiger partial charge in [0.05, 0.1) is 30.3 Å². The second kappa shape index (κ2) is 13.5. The number of halogens is 4. The average molecular weight is 605 g/mol. The number of nitrogens with one attached hydrogen (secondary N) is 1. The van der Waals surface area contributed by atoms with Crippen LogP contribution in [0.25, 0.3) is 0 Å². The van der Waals surface area contributed by atoms with Gasteiger partial charge in [-0.1, -0.05) is 55.8 Å². The van der Waals surface area contributed by atoms with Gasteiger partial charge in [0.25, 0.3) is 5.91 Å². The number of carbonyl (C=O) groups excluding carboxylic acids is 2. The molecule has 1 N–H and O–H groups in total. The van der Waals surface area contributed by atoms with E-state index in [1.54, 1.807) is 17.2 Å². The number of amides is 1. The molecule has 0 bridgehead atoms. The van der Waals surface area contributed by atoms with E-state index in [1.807, 2.05) is 44.2 Å². The fourth-order valence-corrected chi connectivity index (χ4v) is 6.13. The zero-order chi connectivity index (χ0) is 29.7. The summed E-state index contributed by atoms with van der Waals surface area (Å²) >= 11 is 7.88. The first-order chi connectivity index (χ1) is 19.6. The fraction of sp³-hybridized carbons (Fsp3) is 0.267. The van der Waals surface area contributed by atoms with Crippen molar-refractivity contribution in [3.63, 3.8) is 0 Å². The number of thioether (sulfide) groups is 1. The zero-order valence-electron chi connectivity index (χ0n) is 22.5. The summed E-state index contributed by atoms with van der Waals surface area (Å²) in [7, 11) is 1.33. The number of esters is 1. The summed E-state index contributed by atoms with van der Waals surface area (Å²) in [4.78, 5) is 31.7. The van der Waals surface area contributed by atoms with Gasteiger partial charge >= 0.3 is 5.97 Å². The number of hydrogen-bond donors (Lipinski definition) is 1. The number of rotatable bonds is 10. The van der Waals surface area contributed by atoms with Crippen LogP contribution in [0.3, 0.4) is 0 Å². The first-order valence-corrected chi connectivity index (χ1v) is 14.0. The Kier molecular flexibility index (Phi) is 10.0. The minimum atomic E-state index is -1.61. The van der Waals surface area contributed by atoms with E-state index in [0.29, 0.717) is 40.6 Å². The molecule has 0 saturated heterocycles. The maximum absolute atomic E-state index is 13.6. The Morgan fingerprint density at radius 2 is 1.76 bits per heavy atom. The van der Waals surface area contributed by atoms with Gasteiger partial charge in [-0.2, -0.15) is 0 Å². The number of hydrogen-bond acceptors (Lipinski definition) is 6. The van der Waals surface area contributed by atoms with Gasteiger partial charge in [-0.3, -0.25) is 4.79 Å². The largest absolute Gasteiger partial charge is 0.466 e. The molecule has 4 rings (SSSR count). The van der Waals surface area contributed by atoms with E-state index in [4.69, 9.17) is 21.2 Å². The first kappa shape index (κ1) is 30.5. The predicted molar refractivity (Wildman–Crippen MR) is 152 cm³/mol. The Balaban J connectivity index is 1.45. The van der Waals surface area contributed by atoms with Crippen LogP contribution in [-0.4, -0.2) is 35.3 Å². The lowest BCUT2D eigenvalue weighted by Gasteiger charge is -2.30. The topological polar surface area (TPSA) is 67.9 Å². The van der Waals surface area contributed by atoms with Gasteiger partial charge in [-0.05, 0) is 36.1 Å². The van der Waals surface area contributed by atoms with Gasteiger partial charge < -0.3 is 14.9 Å². The number of hydroxylamine groups is 2. The molecule has 0 aromatic heterocycles. The standard InChI is InChI=1S/C30H28ClF3N2O4S/c1-17(28-22(30(38)39-3)16-40-36(28)15-19-7-5-4-6-8-19)11-18(2)41-26-12-20(9-10-23(26)31)29(37)35-21-13-24(32)27(34)25(33)14-21/h4-10,12-14,16-18,28H,11,15H2,1-3H3,(H,35,37). The van der Waals surface area contributed by atoms with Gasteiger partial charge in [0.1, 0.15) is 6.26 Å². The lowest BCUT2D eigenvalue weighted by atomic mass is 9.91. The van der Waals surface area contributed by atoms with E-state index < -0.39 is 29.3 Å². The molecule has 0 aliphatic carbocycles. The van der Waals surface area contributed by atoms with Crippen LogP contribution in [0.2, 0.25) is 5.02 Å². The van der Waals surface area contributed by atoms with Crippen LogP contribution < -0.4 is 5.32 Å². The molecule has 11 heteroatoms. The third-order valence-corrected chi connectivity index (χ3v) is 8.18. The van der Waals surface area contributed by atoms with Crippen molar-refractivity contribution in [2.24, 2.45) is 5.92 Å². The Labute approximate surface area is 245 Å². The molecule has 1 amide bonds. The van der Waals surface area contributed by atoms with Crippen molar-refractivity contribution < 1.29 is 32.3 Å². The summed E-state index contributed by atoms with van der Waals surface area (Å²) in [5.41, 5.74) is 1.45. The molecular formula is C30H28ClF3N2O4S. The van der Waals surface area contributed by atoms with Crippen LogP contribution in [0.1, 0.15) is 36.2 Å². The molecule has 1 aliphatic rings. The smallest absolute Gasteiger partial charge is 0.338 e. The van der Waals surface area contributed by atoms with Crippen LogP contribution in [0.4, 0.5) is 18.9 Å². The second-order valence-corrected chi connectivity index (χ2v) is 11.6. The SMILES string of the molecule is COC(=O)C1=CON(Cc2ccccc2)C1C(C)CC(C)Sc1cc(C(=O)Nc2cc(F)c(F)c(F)c2)ccc1Cl. The number of carbonyl (C=O) groups is 2. The van der Waals surface area contributed by atoms with Gasteiger partial charge in [-0.25, -0.2) is 18.0 Å². The lowest BCUT2D eigenvalue weighted by Crippen LogP contribution is -2.38. The molecule has 0 fully saturated rings. The third kappa shape index (κ3) is 7.44. The second-order valence-electron chi connectivity index (χ2n) is 9.67. The van der Waals surface area contributed by atoms with Crippen LogP contribution in [-0.2, 0) is 20.9 Å². The number of ether oxygens (including phenoxy) is 1. The highest BCUT2D eigenvalue weighted by Crippen LogP contribution is 2.37. The lowest BCUT2D eigenvalue weighted by molar-refractivity contribution is -0.140. The molecule has 0 radical (unpaired) electrons. The van der Waals surface area contributed by atoms with E-state index in [2.05, 4.69) is 5.32 Å². The van der Waals surface area contributed by atoms with Gasteiger partial charge in [-0.15, -0.1) is 16.8 Å². The quantitative estimate of drug-likeness (QED) is 0.148. The fourth-order valence-electron chi connectivity index (χ4n) is 4.67. The van der Waals surface area contributed by atoms with E-state index in [0.717, 1.165) is 5.56 Å². The maximum atomic E-state index is 13.6. The molecular weight excluding hydrogens is 577 g/mol. The Morgan fingerprint density at radius 1 is 1.07 bits per heavy atom. The van der Waals surface area contributed by atoms with Crippen LogP contribution in [0.5, 0.6) is 0 Å². The molecule has 216 valence electrons. The summed E-state index contributed by atoms with van der Waals surface area (Å²) in [6.45, 7) is 4.50. The molecule has 6 nitrogen and oxygen atoms in total. The molecule has 0 saturated carbocycles. The van der Waals surface area contributed by atoms with E-state index in [1.165, 1.54) is 31.2 Å². The third-order valence-electron chi connectivity index (χ3n) is 6.55. The zero-order valence-corrected chi connectivity index (χ0v) is 24.1. The van der Waals surface area contributed by atoms with Crippen molar-refractivity contribution in [3.05, 3.63) is 106 Å². The van der Waals surface area contributed by atoms with E-state index in [9.17, 15) is 22.8 Å². The van der Waals surface area contributed by atoms with Crippen molar-refractivity contribution in [2.45, 2.75) is 43.0 Å². The number of benzene rings is 3. The van der Waals surface area contributed by atoms with Crippen molar-refractivity contribution in [1.29, 1.82) is 0 Å². The number of nitrogens with zero attached hydrogens (tertiary/aromatic N) is 1. The minimum Gasteiger partial charge on any atom is -0.466 e. The summed E-state index contributed by atoms with van der Waals surface area (Å²) in [6.07, 6.45) is 2.09. The van der Waals surface area contributed by atoms with Crippen molar-refractivity contribution in [2.75, 3.05) is 12.4 Å². The van der Waals surface area contributed by atoms with Crippen molar-refractivity contribution >= 4 is 40.9 Å². The molecule has 41 heavy (non-hydrogen) atoms. The summed E-state index contributed by atoms with van der Waals surface area (Å²) < 4.78 is 45.4. The molecule has 1 aliphatic heterocycles. The molecule has 3 aromatic rings. The van der Waals surface area contributed by atoms with Gasteiger partial charge in [0.2, 0.25) is 0 Å². The highest BCUT2D eigenvalue weighted by atomic mass is 35.5. The van der Waals surface area contributed by atoms with Gasteiger partial charge in [0, 0.05) is 33.5 Å². The molecule has 3 aromatic carbocycles. The Bertz CT molecular complexity index is 1430. The molecule has 3 atom stereocenters. The number of methoxy groups -OCH3 is 1. The Morgan fingerprint density at radius 3 is 2.41 bits per heavy atom. The normalized spacial score (nSPS) is 16.5. The minimum absolute atomic E-state index is 0.000765. The molecule has 3 unspecified atom stereocenters. The summed E-state index contributed by atoms with van der Waals surface area (Å²) in [6, 6.07) is 15.4. The van der Waals surface area contributed by atoms with Crippen LogP contribution >= 0.6 is 23.4 Å². The first-order valence-electron chi connectivity index (χ1n) is 12.7. The van der Waals surface area contributed by atoms with Crippen molar-refractivity contribution in [3.8, 4) is 0 Å². The average Bonchev–Trinajstić information content (AvgIpc) is 3.36. The highest BCUT2D eigenvalue weighted by Gasteiger charge is 2.39. The number of anilines is 1.